The van der Waals surface area contributed by atoms with Crippen LogP contribution in [0.1, 0.15) is 52.0 Å². The molecule has 0 saturated heterocycles. The quantitative estimate of drug-likeness (QED) is 0.810. The number of anilines is 1. The Kier molecular flexibility index (Phi) is 7.01. The molecule has 0 spiro atoms. The Hall–Kier alpha value is -1.51. The molecule has 1 aliphatic rings. The summed E-state index contributed by atoms with van der Waals surface area (Å²) >= 11 is 0. The van der Waals surface area contributed by atoms with Crippen LogP contribution < -0.4 is 10.1 Å². The maximum atomic E-state index is 11.3. The van der Waals surface area contributed by atoms with Gasteiger partial charge in [-0.2, -0.15) is 0 Å². The molecule has 1 aromatic rings. The Balaban J connectivity index is 0.000000861. The fourth-order valence-corrected chi connectivity index (χ4v) is 1.98. The summed E-state index contributed by atoms with van der Waals surface area (Å²) < 4.78 is 5.66. The molecule has 1 aliphatic heterocycles. The van der Waals surface area contributed by atoms with Crippen LogP contribution >= 0.6 is 0 Å². The maximum Gasteiger partial charge on any atom is 0.224 e. The first-order chi connectivity index (χ1) is 9.29. The van der Waals surface area contributed by atoms with E-state index in [0.29, 0.717) is 6.42 Å². The van der Waals surface area contributed by atoms with Gasteiger partial charge in [0, 0.05) is 18.2 Å². The summed E-state index contributed by atoms with van der Waals surface area (Å²) in [6.45, 7) is 6.93. The maximum absolute atomic E-state index is 11.3. The molecule has 0 unspecified atom stereocenters. The van der Waals surface area contributed by atoms with Gasteiger partial charge < -0.3 is 10.1 Å². The van der Waals surface area contributed by atoms with Gasteiger partial charge in [-0.15, -0.1) is 0 Å². The van der Waals surface area contributed by atoms with Gasteiger partial charge in [0.05, 0.1) is 6.61 Å². The topological polar surface area (TPSA) is 38.3 Å². The van der Waals surface area contributed by atoms with Gasteiger partial charge in [-0.1, -0.05) is 39.7 Å². The first kappa shape index (κ1) is 15.5. The highest BCUT2D eigenvalue weighted by Gasteiger charge is 2.14. The lowest BCUT2D eigenvalue weighted by Gasteiger charge is -2.17. The third kappa shape index (κ3) is 4.93. The van der Waals surface area contributed by atoms with Crippen molar-refractivity contribution in [2.45, 2.75) is 52.9 Å². The third-order valence-electron chi connectivity index (χ3n) is 2.99. The number of hydrogen-bond donors (Lipinski definition) is 1. The van der Waals surface area contributed by atoms with Crippen LogP contribution in [0.2, 0.25) is 0 Å². The molecule has 0 radical (unpaired) electrons. The minimum Gasteiger partial charge on any atom is -0.494 e. The number of fused-ring (bicyclic) bond motifs is 1. The summed E-state index contributed by atoms with van der Waals surface area (Å²) in [6.07, 6.45) is 4.90. The summed E-state index contributed by atoms with van der Waals surface area (Å²) in [5, 5.41) is 2.88. The Morgan fingerprint density at radius 1 is 1.21 bits per heavy atom. The second-order valence-corrected chi connectivity index (χ2v) is 4.42. The van der Waals surface area contributed by atoms with Crippen molar-refractivity contribution in [2.24, 2.45) is 0 Å². The van der Waals surface area contributed by atoms with Gasteiger partial charge >= 0.3 is 0 Å². The van der Waals surface area contributed by atoms with Crippen LogP contribution in [0.25, 0.3) is 0 Å². The molecule has 0 saturated carbocycles. The van der Waals surface area contributed by atoms with Crippen LogP contribution in [-0.2, 0) is 11.2 Å². The molecule has 0 bridgehead atoms. The van der Waals surface area contributed by atoms with Crippen molar-refractivity contribution in [2.75, 3.05) is 11.9 Å². The van der Waals surface area contributed by atoms with Crippen molar-refractivity contribution in [3.63, 3.8) is 0 Å². The van der Waals surface area contributed by atoms with E-state index in [2.05, 4.69) is 12.2 Å². The highest BCUT2D eigenvalue weighted by Crippen LogP contribution is 2.27. The van der Waals surface area contributed by atoms with E-state index in [-0.39, 0.29) is 5.91 Å². The molecule has 106 valence electrons. The van der Waals surface area contributed by atoms with E-state index in [1.165, 1.54) is 18.4 Å². The second-order valence-electron chi connectivity index (χ2n) is 4.42. The minimum atomic E-state index is 0.0978. The van der Waals surface area contributed by atoms with Crippen LogP contribution in [0, 0.1) is 0 Å². The molecule has 0 fully saturated rings. The molecule has 1 amide bonds. The third-order valence-corrected chi connectivity index (χ3v) is 2.99. The molecule has 2 rings (SSSR count). The molecule has 19 heavy (non-hydrogen) atoms. The lowest BCUT2D eigenvalue weighted by molar-refractivity contribution is -0.116. The zero-order valence-corrected chi connectivity index (χ0v) is 12.3. The molecule has 1 N–H and O–H groups in total. The van der Waals surface area contributed by atoms with Gasteiger partial charge in [0.1, 0.15) is 5.75 Å². The average Bonchev–Trinajstić information content (AvgIpc) is 2.45. The normalized spacial score (nSPS) is 12.9. The van der Waals surface area contributed by atoms with E-state index in [0.717, 1.165) is 30.9 Å². The van der Waals surface area contributed by atoms with Gasteiger partial charge in [0.15, 0.2) is 0 Å². The fourth-order valence-electron chi connectivity index (χ4n) is 1.98. The number of carbonyl (C=O) groups is 1. The average molecular weight is 263 g/mol. The van der Waals surface area contributed by atoms with E-state index >= 15 is 0 Å². The molecule has 3 heteroatoms. The Bertz CT molecular complexity index is 402. The largest absolute Gasteiger partial charge is 0.494 e. The molecule has 0 aliphatic carbocycles. The number of nitrogens with one attached hydrogen (secondary N) is 1. The number of amides is 1. The Labute approximate surface area is 116 Å². The summed E-state index contributed by atoms with van der Waals surface area (Å²) in [6, 6.07) is 5.96. The van der Waals surface area contributed by atoms with Crippen molar-refractivity contribution < 1.29 is 9.53 Å². The Morgan fingerprint density at radius 3 is 2.74 bits per heavy atom. The molecule has 0 atom stereocenters. The number of aryl methyl sites for hydroxylation is 1. The van der Waals surface area contributed by atoms with Gasteiger partial charge in [-0.25, -0.2) is 0 Å². The highest BCUT2D eigenvalue weighted by atomic mass is 16.5. The number of carbonyl (C=O) groups excluding carboxylic acids is 1. The molecule has 1 aromatic carbocycles. The fraction of sp³-hybridized carbons (Fsp3) is 0.562. The van der Waals surface area contributed by atoms with Gasteiger partial charge in [-0.05, 0) is 24.5 Å². The summed E-state index contributed by atoms with van der Waals surface area (Å²) in [4.78, 5) is 11.3. The lowest BCUT2D eigenvalue weighted by atomic mass is 10.0. The SMILES string of the molecule is CC.CCCCCOc1ccc2c(c1)NC(=O)CC2. The van der Waals surface area contributed by atoms with Crippen LogP contribution in [0.3, 0.4) is 0 Å². The number of unbranched alkanes of at least 4 members (excludes halogenated alkanes) is 2. The summed E-state index contributed by atoms with van der Waals surface area (Å²) in [5.74, 6) is 0.947. The Morgan fingerprint density at radius 2 is 2.00 bits per heavy atom. The lowest BCUT2D eigenvalue weighted by Crippen LogP contribution is -2.18. The molecule has 0 aromatic heterocycles. The number of hydrogen-bond acceptors (Lipinski definition) is 2. The van der Waals surface area contributed by atoms with E-state index in [1.54, 1.807) is 0 Å². The first-order valence-electron chi connectivity index (χ1n) is 7.35. The van der Waals surface area contributed by atoms with Crippen molar-refractivity contribution in [3.05, 3.63) is 23.8 Å². The molecular formula is C16H25NO2. The molecule has 3 nitrogen and oxygen atoms in total. The van der Waals surface area contributed by atoms with Gasteiger partial charge in [0.25, 0.3) is 0 Å². The standard InChI is InChI=1S/C14H19NO2.C2H6/c1-2-3-4-9-17-12-7-5-11-6-8-14(16)15-13(11)10-12;1-2/h5,7,10H,2-4,6,8-9H2,1H3,(H,15,16);1-2H3. The summed E-state index contributed by atoms with van der Waals surface area (Å²) in [7, 11) is 0. The predicted octanol–water partition coefficient (Wildman–Crippen LogP) is 4.17. The van der Waals surface area contributed by atoms with Crippen LogP contribution in [0.4, 0.5) is 5.69 Å². The van der Waals surface area contributed by atoms with Crippen molar-refractivity contribution in [3.8, 4) is 5.75 Å². The van der Waals surface area contributed by atoms with Crippen molar-refractivity contribution >= 4 is 11.6 Å². The molecular weight excluding hydrogens is 238 g/mol. The summed E-state index contributed by atoms with van der Waals surface area (Å²) in [5.41, 5.74) is 2.11. The zero-order chi connectivity index (χ0) is 14.1. The highest BCUT2D eigenvalue weighted by molar-refractivity contribution is 5.94. The van der Waals surface area contributed by atoms with Crippen molar-refractivity contribution in [1.29, 1.82) is 0 Å². The zero-order valence-electron chi connectivity index (χ0n) is 12.3. The first-order valence-corrected chi connectivity index (χ1v) is 7.35. The van der Waals surface area contributed by atoms with Crippen LogP contribution in [0.5, 0.6) is 5.75 Å². The van der Waals surface area contributed by atoms with E-state index in [4.69, 9.17) is 4.74 Å². The van der Waals surface area contributed by atoms with Crippen LogP contribution in [-0.4, -0.2) is 12.5 Å². The monoisotopic (exact) mass is 263 g/mol. The smallest absolute Gasteiger partial charge is 0.224 e. The van der Waals surface area contributed by atoms with Gasteiger partial charge in [-0.3, -0.25) is 4.79 Å². The van der Waals surface area contributed by atoms with E-state index in [1.807, 2.05) is 32.0 Å². The van der Waals surface area contributed by atoms with Gasteiger partial charge in [0.2, 0.25) is 5.91 Å². The molecule has 1 heterocycles. The van der Waals surface area contributed by atoms with Crippen LogP contribution in [0.15, 0.2) is 18.2 Å². The van der Waals surface area contributed by atoms with E-state index < -0.39 is 0 Å². The number of benzene rings is 1. The van der Waals surface area contributed by atoms with E-state index in [9.17, 15) is 4.79 Å². The van der Waals surface area contributed by atoms with Crippen molar-refractivity contribution in [1.82, 2.24) is 0 Å². The number of ether oxygens (including phenoxy) is 1. The second kappa shape index (κ2) is 8.57. The predicted molar refractivity (Wildman–Crippen MR) is 79.8 cm³/mol. The number of rotatable bonds is 5. The minimum absolute atomic E-state index is 0.0978.